The standard InChI is InChI=1S/C18H20F2N2O4/c19-13-2-1-3-14(20)16(13)22-11-12(10-15(22)23)17(24)21-6-4-18(5-7-21)25-8-9-26-18/h1-3,12H,4-11H2. The zero-order chi connectivity index (χ0) is 18.3. The number of piperidine rings is 1. The summed E-state index contributed by atoms with van der Waals surface area (Å²) >= 11 is 0. The van der Waals surface area contributed by atoms with Crippen molar-refractivity contribution < 1.29 is 27.8 Å². The van der Waals surface area contributed by atoms with Gasteiger partial charge >= 0.3 is 0 Å². The Kier molecular flexibility index (Phi) is 4.40. The van der Waals surface area contributed by atoms with Gasteiger partial charge in [0.1, 0.15) is 17.3 Å². The van der Waals surface area contributed by atoms with Crippen molar-refractivity contribution in [2.75, 3.05) is 37.7 Å². The van der Waals surface area contributed by atoms with Crippen molar-refractivity contribution in [3.05, 3.63) is 29.8 Å². The Bertz CT molecular complexity index is 706. The molecule has 1 atom stereocenters. The van der Waals surface area contributed by atoms with Crippen LogP contribution in [0.3, 0.4) is 0 Å². The average molecular weight is 366 g/mol. The van der Waals surface area contributed by atoms with Gasteiger partial charge in [0.25, 0.3) is 0 Å². The molecule has 8 heteroatoms. The van der Waals surface area contributed by atoms with Gasteiger partial charge < -0.3 is 19.3 Å². The van der Waals surface area contributed by atoms with Crippen molar-refractivity contribution in [3.63, 3.8) is 0 Å². The monoisotopic (exact) mass is 366 g/mol. The molecule has 140 valence electrons. The van der Waals surface area contributed by atoms with E-state index in [4.69, 9.17) is 9.47 Å². The number of halogens is 2. The summed E-state index contributed by atoms with van der Waals surface area (Å²) in [5.74, 6) is -3.39. The number of hydrogen-bond donors (Lipinski definition) is 0. The Hall–Kier alpha value is -2.06. The first kappa shape index (κ1) is 17.4. The Morgan fingerprint density at radius 2 is 1.73 bits per heavy atom. The van der Waals surface area contributed by atoms with Gasteiger partial charge in [-0.2, -0.15) is 0 Å². The molecule has 0 saturated carbocycles. The van der Waals surface area contributed by atoms with Gasteiger partial charge in [-0.05, 0) is 12.1 Å². The molecule has 1 spiro atoms. The SMILES string of the molecule is O=C(C1CC(=O)N(c2c(F)cccc2F)C1)N1CCC2(CC1)OCCO2. The van der Waals surface area contributed by atoms with Crippen LogP contribution in [0, 0.1) is 17.6 Å². The van der Waals surface area contributed by atoms with Gasteiger partial charge in [-0.25, -0.2) is 8.78 Å². The van der Waals surface area contributed by atoms with Gasteiger partial charge in [-0.1, -0.05) is 6.07 Å². The van der Waals surface area contributed by atoms with Crippen LogP contribution in [0.15, 0.2) is 18.2 Å². The third-order valence-corrected chi connectivity index (χ3v) is 5.33. The van der Waals surface area contributed by atoms with Crippen molar-refractivity contribution >= 4 is 17.5 Å². The summed E-state index contributed by atoms with van der Waals surface area (Å²) in [4.78, 5) is 27.8. The van der Waals surface area contributed by atoms with Gasteiger partial charge in [0, 0.05) is 38.9 Å². The van der Waals surface area contributed by atoms with Crippen LogP contribution in [-0.4, -0.2) is 55.3 Å². The molecule has 0 bridgehead atoms. The van der Waals surface area contributed by atoms with Crippen LogP contribution in [0.1, 0.15) is 19.3 Å². The van der Waals surface area contributed by atoms with E-state index in [1.165, 1.54) is 6.07 Å². The smallest absolute Gasteiger partial charge is 0.228 e. The molecule has 0 radical (unpaired) electrons. The molecule has 3 heterocycles. The molecule has 0 aliphatic carbocycles. The minimum absolute atomic E-state index is 0.00976. The molecule has 0 N–H and O–H groups in total. The van der Waals surface area contributed by atoms with Crippen LogP contribution >= 0.6 is 0 Å². The highest BCUT2D eigenvalue weighted by Crippen LogP contribution is 2.34. The lowest BCUT2D eigenvalue weighted by Gasteiger charge is -2.38. The second-order valence-corrected chi connectivity index (χ2v) is 6.91. The van der Waals surface area contributed by atoms with Crippen LogP contribution in [0.5, 0.6) is 0 Å². The van der Waals surface area contributed by atoms with Crippen LogP contribution < -0.4 is 4.90 Å². The number of rotatable bonds is 2. The summed E-state index contributed by atoms with van der Waals surface area (Å²) in [6.07, 6.45) is 1.14. The van der Waals surface area contributed by atoms with Crippen molar-refractivity contribution in [2.24, 2.45) is 5.92 Å². The van der Waals surface area contributed by atoms with E-state index in [9.17, 15) is 18.4 Å². The van der Waals surface area contributed by atoms with Gasteiger partial charge in [-0.15, -0.1) is 0 Å². The predicted octanol–water partition coefficient (Wildman–Crippen LogP) is 1.68. The van der Waals surface area contributed by atoms with E-state index in [1.807, 2.05) is 0 Å². The van der Waals surface area contributed by atoms with Crippen molar-refractivity contribution in [2.45, 2.75) is 25.0 Å². The van der Waals surface area contributed by atoms with E-state index in [0.29, 0.717) is 39.1 Å². The number of anilines is 1. The quantitative estimate of drug-likeness (QED) is 0.799. The van der Waals surface area contributed by atoms with Gasteiger partial charge in [0.15, 0.2) is 5.79 Å². The van der Waals surface area contributed by atoms with Crippen LogP contribution in [0.25, 0.3) is 0 Å². The molecule has 4 rings (SSSR count). The van der Waals surface area contributed by atoms with Gasteiger partial charge in [0.05, 0.1) is 19.1 Å². The molecule has 1 aromatic rings. The molecule has 26 heavy (non-hydrogen) atoms. The Morgan fingerprint density at radius 1 is 1.12 bits per heavy atom. The normalized spacial score (nSPS) is 25.3. The highest BCUT2D eigenvalue weighted by Gasteiger charge is 2.44. The molecule has 3 fully saturated rings. The number of carbonyl (C=O) groups excluding carboxylic acids is 2. The molecule has 6 nitrogen and oxygen atoms in total. The van der Waals surface area contributed by atoms with E-state index in [1.54, 1.807) is 4.90 Å². The summed E-state index contributed by atoms with van der Waals surface area (Å²) < 4.78 is 39.2. The Morgan fingerprint density at radius 3 is 2.35 bits per heavy atom. The highest BCUT2D eigenvalue weighted by molar-refractivity contribution is 6.00. The van der Waals surface area contributed by atoms with Crippen LogP contribution in [0.4, 0.5) is 14.5 Å². The molecular formula is C18H20F2N2O4. The van der Waals surface area contributed by atoms with Crippen molar-refractivity contribution in [1.29, 1.82) is 0 Å². The van der Waals surface area contributed by atoms with Crippen LogP contribution in [-0.2, 0) is 19.1 Å². The molecule has 1 unspecified atom stereocenters. The van der Waals surface area contributed by atoms with E-state index in [2.05, 4.69) is 0 Å². The number of ether oxygens (including phenoxy) is 2. The molecule has 1 aromatic carbocycles. The molecule has 0 aromatic heterocycles. The third kappa shape index (κ3) is 2.97. The minimum atomic E-state index is -0.804. The zero-order valence-corrected chi connectivity index (χ0v) is 14.2. The zero-order valence-electron chi connectivity index (χ0n) is 14.2. The molecule has 3 saturated heterocycles. The first-order valence-electron chi connectivity index (χ1n) is 8.80. The topological polar surface area (TPSA) is 59.1 Å². The summed E-state index contributed by atoms with van der Waals surface area (Å²) in [7, 11) is 0. The lowest BCUT2D eigenvalue weighted by molar-refractivity contribution is -0.188. The lowest BCUT2D eigenvalue weighted by atomic mass is 10.0. The van der Waals surface area contributed by atoms with E-state index in [-0.39, 0.29) is 24.6 Å². The fraction of sp³-hybridized carbons (Fsp3) is 0.556. The minimum Gasteiger partial charge on any atom is -0.347 e. The summed E-state index contributed by atoms with van der Waals surface area (Å²) in [6, 6.07) is 3.45. The third-order valence-electron chi connectivity index (χ3n) is 5.33. The second kappa shape index (κ2) is 6.59. The van der Waals surface area contributed by atoms with E-state index in [0.717, 1.165) is 17.0 Å². The Labute approximate surface area is 149 Å². The largest absolute Gasteiger partial charge is 0.347 e. The van der Waals surface area contributed by atoms with Gasteiger partial charge in [-0.3, -0.25) is 9.59 Å². The number of hydrogen-bond acceptors (Lipinski definition) is 4. The number of likely N-dealkylation sites (tertiary alicyclic amines) is 1. The number of para-hydroxylation sites is 1. The summed E-state index contributed by atoms with van der Waals surface area (Å²) in [5, 5.41) is 0. The molecular weight excluding hydrogens is 346 g/mol. The van der Waals surface area contributed by atoms with Crippen LogP contribution in [0.2, 0.25) is 0 Å². The van der Waals surface area contributed by atoms with Crippen molar-refractivity contribution in [3.8, 4) is 0 Å². The maximum atomic E-state index is 14.0. The predicted molar refractivity (Wildman–Crippen MR) is 87.3 cm³/mol. The molecule has 3 aliphatic heterocycles. The maximum absolute atomic E-state index is 14.0. The summed E-state index contributed by atoms with van der Waals surface area (Å²) in [6.45, 7) is 2.09. The number of nitrogens with zero attached hydrogens (tertiary/aromatic N) is 2. The van der Waals surface area contributed by atoms with E-state index < -0.39 is 29.2 Å². The van der Waals surface area contributed by atoms with E-state index >= 15 is 0 Å². The average Bonchev–Trinajstić information content (AvgIpc) is 3.23. The first-order valence-corrected chi connectivity index (χ1v) is 8.80. The second-order valence-electron chi connectivity index (χ2n) is 6.91. The molecule has 3 aliphatic rings. The fourth-order valence-corrected chi connectivity index (χ4v) is 3.95. The first-order chi connectivity index (χ1) is 12.5. The molecule has 2 amide bonds. The fourth-order valence-electron chi connectivity index (χ4n) is 3.95. The number of carbonyl (C=O) groups is 2. The summed E-state index contributed by atoms with van der Waals surface area (Å²) in [5.41, 5.74) is -0.377. The van der Waals surface area contributed by atoms with Gasteiger partial charge in [0.2, 0.25) is 11.8 Å². The van der Waals surface area contributed by atoms with Crippen molar-refractivity contribution in [1.82, 2.24) is 4.90 Å². The lowest BCUT2D eigenvalue weighted by Crippen LogP contribution is -2.49. The Balaban J connectivity index is 1.43. The number of benzene rings is 1. The highest BCUT2D eigenvalue weighted by atomic mass is 19.1. The number of amides is 2. The maximum Gasteiger partial charge on any atom is 0.228 e.